The van der Waals surface area contributed by atoms with Crippen LogP contribution < -0.4 is 0 Å². The van der Waals surface area contributed by atoms with Crippen LogP contribution in [0.5, 0.6) is 0 Å². The van der Waals surface area contributed by atoms with Gasteiger partial charge in [-0.2, -0.15) is 0 Å². The van der Waals surface area contributed by atoms with Crippen molar-refractivity contribution in [2.45, 2.75) is 109 Å². The predicted octanol–water partition coefficient (Wildman–Crippen LogP) is 4.41. The van der Waals surface area contributed by atoms with E-state index in [4.69, 9.17) is 4.74 Å². The van der Waals surface area contributed by atoms with Crippen LogP contribution in [0.4, 0.5) is 0 Å². The highest BCUT2D eigenvalue weighted by molar-refractivity contribution is 5.69. The van der Waals surface area contributed by atoms with Gasteiger partial charge in [0.1, 0.15) is 0 Å². The highest BCUT2D eigenvalue weighted by Crippen LogP contribution is 2.39. The SMILES string of the molecule is CC(C)OC(=O)CCCCCC[C@@H]1[C@@H](CC[C@@H](O)CCc2ccccc2)[C@H](O)C[C@@H]1O. The lowest BCUT2D eigenvalue weighted by Gasteiger charge is -2.24. The van der Waals surface area contributed by atoms with E-state index in [-0.39, 0.29) is 30.0 Å². The van der Waals surface area contributed by atoms with Gasteiger partial charge in [0.25, 0.3) is 0 Å². The molecule has 31 heavy (non-hydrogen) atoms. The minimum atomic E-state index is -0.480. The van der Waals surface area contributed by atoms with Crippen LogP contribution in [0.15, 0.2) is 30.3 Å². The van der Waals surface area contributed by atoms with Crippen molar-refractivity contribution in [3.8, 4) is 0 Å². The summed E-state index contributed by atoms with van der Waals surface area (Å²) in [4.78, 5) is 11.6. The molecule has 0 unspecified atom stereocenters. The van der Waals surface area contributed by atoms with Gasteiger partial charge in [-0.15, -0.1) is 0 Å². The number of carbonyl (C=O) groups excluding carboxylic acids is 1. The largest absolute Gasteiger partial charge is 0.463 e. The van der Waals surface area contributed by atoms with Crippen LogP contribution in [-0.4, -0.2) is 45.7 Å². The highest BCUT2D eigenvalue weighted by Gasteiger charge is 2.40. The molecule has 1 aromatic carbocycles. The standard InChI is InChI=1S/C26H42O5/c1-19(2)31-26(30)13-9-4-3-8-12-22-23(25(29)18-24(22)28)17-16-21(27)15-14-20-10-6-5-7-11-20/h5-7,10-11,19,21-25,27-29H,3-4,8-9,12-18H2,1-2H3/t21-,22+,23+,24-,25+/m0/s1. The number of aliphatic hydroxyl groups is 3. The first-order chi connectivity index (χ1) is 14.9. The van der Waals surface area contributed by atoms with Gasteiger partial charge in [0.2, 0.25) is 0 Å². The number of aliphatic hydroxyl groups excluding tert-OH is 3. The topological polar surface area (TPSA) is 87.0 Å². The van der Waals surface area contributed by atoms with Gasteiger partial charge in [0, 0.05) is 6.42 Å². The lowest BCUT2D eigenvalue weighted by atomic mass is 9.84. The van der Waals surface area contributed by atoms with Gasteiger partial charge in [0.15, 0.2) is 0 Å². The number of ether oxygens (including phenoxy) is 1. The van der Waals surface area contributed by atoms with Crippen molar-refractivity contribution in [2.24, 2.45) is 11.8 Å². The Hall–Kier alpha value is -1.43. The number of hydrogen-bond donors (Lipinski definition) is 3. The van der Waals surface area contributed by atoms with Gasteiger partial charge in [-0.1, -0.05) is 49.6 Å². The number of benzene rings is 1. The Morgan fingerprint density at radius 3 is 2.29 bits per heavy atom. The molecule has 5 heteroatoms. The van der Waals surface area contributed by atoms with Gasteiger partial charge in [-0.25, -0.2) is 0 Å². The third-order valence-corrected chi connectivity index (χ3v) is 6.50. The molecule has 1 fully saturated rings. The smallest absolute Gasteiger partial charge is 0.306 e. The van der Waals surface area contributed by atoms with Gasteiger partial charge in [0.05, 0.1) is 24.4 Å². The number of carbonyl (C=O) groups is 1. The fraction of sp³-hybridized carbons (Fsp3) is 0.731. The molecule has 0 aromatic heterocycles. The molecule has 5 atom stereocenters. The van der Waals surface area contributed by atoms with Gasteiger partial charge in [-0.3, -0.25) is 4.79 Å². The van der Waals surface area contributed by atoms with E-state index >= 15 is 0 Å². The Kier molecular flexibility index (Phi) is 11.6. The molecule has 1 aliphatic rings. The Labute approximate surface area is 187 Å². The maximum absolute atomic E-state index is 11.6. The molecule has 0 saturated heterocycles. The summed E-state index contributed by atoms with van der Waals surface area (Å²) in [5, 5.41) is 31.3. The zero-order valence-electron chi connectivity index (χ0n) is 19.3. The summed E-state index contributed by atoms with van der Waals surface area (Å²) >= 11 is 0. The highest BCUT2D eigenvalue weighted by atomic mass is 16.5. The van der Waals surface area contributed by atoms with Crippen LogP contribution >= 0.6 is 0 Å². The van der Waals surface area contributed by atoms with Crippen molar-refractivity contribution in [2.75, 3.05) is 0 Å². The van der Waals surface area contributed by atoms with Gasteiger partial charge in [-0.05, 0) is 76.2 Å². The van der Waals surface area contributed by atoms with Crippen molar-refractivity contribution in [1.82, 2.24) is 0 Å². The number of rotatable bonds is 14. The molecule has 2 rings (SSSR count). The molecule has 0 aliphatic heterocycles. The Bertz CT molecular complexity index is 617. The lowest BCUT2D eigenvalue weighted by molar-refractivity contribution is -0.147. The first-order valence-corrected chi connectivity index (χ1v) is 12.1. The average Bonchev–Trinajstić information content (AvgIpc) is 3.00. The molecule has 5 nitrogen and oxygen atoms in total. The summed E-state index contributed by atoms with van der Waals surface area (Å²) in [7, 11) is 0. The quantitative estimate of drug-likeness (QED) is 0.298. The molecule has 0 heterocycles. The summed E-state index contributed by atoms with van der Waals surface area (Å²) in [6.45, 7) is 3.72. The molecule has 3 N–H and O–H groups in total. The van der Waals surface area contributed by atoms with Crippen LogP contribution in [0.2, 0.25) is 0 Å². The van der Waals surface area contributed by atoms with Gasteiger partial charge >= 0.3 is 5.97 Å². The summed E-state index contributed by atoms with van der Waals surface area (Å²) in [5.74, 6) is 0.0276. The molecule has 1 aromatic rings. The second-order valence-corrected chi connectivity index (χ2v) is 9.45. The number of unbranched alkanes of at least 4 members (excludes halogenated alkanes) is 3. The summed E-state index contributed by atoms with van der Waals surface area (Å²) in [6.07, 6.45) is 7.22. The molecule has 1 saturated carbocycles. The number of aryl methyl sites for hydroxylation is 1. The maximum Gasteiger partial charge on any atom is 0.306 e. The van der Waals surface area contributed by atoms with E-state index in [2.05, 4.69) is 12.1 Å². The van der Waals surface area contributed by atoms with E-state index in [1.807, 2.05) is 32.0 Å². The van der Waals surface area contributed by atoms with E-state index in [9.17, 15) is 20.1 Å². The summed E-state index contributed by atoms with van der Waals surface area (Å²) in [6, 6.07) is 10.2. The van der Waals surface area contributed by atoms with Crippen LogP contribution in [0.25, 0.3) is 0 Å². The molecule has 0 radical (unpaired) electrons. The summed E-state index contributed by atoms with van der Waals surface area (Å²) in [5.41, 5.74) is 1.23. The first-order valence-electron chi connectivity index (χ1n) is 12.1. The van der Waals surface area contributed by atoms with Crippen LogP contribution in [-0.2, 0) is 16.0 Å². The second kappa shape index (κ2) is 13.9. The molecular formula is C26H42O5. The van der Waals surface area contributed by atoms with E-state index in [1.165, 1.54) is 5.56 Å². The van der Waals surface area contributed by atoms with Crippen LogP contribution in [0.1, 0.15) is 83.6 Å². The van der Waals surface area contributed by atoms with Crippen molar-refractivity contribution in [1.29, 1.82) is 0 Å². The minimum absolute atomic E-state index is 0.0578. The van der Waals surface area contributed by atoms with Crippen molar-refractivity contribution < 1.29 is 24.9 Å². The predicted molar refractivity (Wildman–Crippen MR) is 123 cm³/mol. The Morgan fingerprint density at radius 2 is 1.61 bits per heavy atom. The molecule has 0 bridgehead atoms. The Morgan fingerprint density at radius 1 is 0.968 bits per heavy atom. The monoisotopic (exact) mass is 434 g/mol. The molecule has 0 amide bonds. The molecule has 176 valence electrons. The molecule has 1 aliphatic carbocycles. The van der Waals surface area contributed by atoms with Crippen molar-refractivity contribution >= 4 is 5.97 Å². The molecule has 0 spiro atoms. The van der Waals surface area contributed by atoms with Crippen LogP contribution in [0, 0.1) is 11.8 Å². The third kappa shape index (κ3) is 9.71. The Balaban J connectivity index is 1.65. The normalized spacial score (nSPS) is 24.5. The third-order valence-electron chi connectivity index (χ3n) is 6.50. The van der Waals surface area contributed by atoms with E-state index < -0.39 is 12.2 Å². The minimum Gasteiger partial charge on any atom is -0.463 e. The van der Waals surface area contributed by atoms with Crippen LogP contribution in [0.3, 0.4) is 0 Å². The maximum atomic E-state index is 11.6. The fourth-order valence-corrected chi connectivity index (χ4v) is 4.81. The number of esters is 1. The van der Waals surface area contributed by atoms with Gasteiger partial charge < -0.3 is 20.1 Å². The van der Waals surface area contributed by atoms with E-state index in [0.717, 1.165) is 51.4 Å². The first kappa shape index (κ1) is 25.8. The van der Waals surface area contributed by atoms with E-state index in [1.54, 1.807) is 0 Å². The van der Waals surface area contributed by atoms with Crippen molar-refractivity contribution in [3.63, 3.8) is 0 Å². The zero-order valence-corrected chi connectivity index (χ0v) is 19.3. The average molecular weight is 435 g/mol. The number of hydrogen-bond acceptors (Lipinski definition) is 5. The second-order valence-electron chi connectivity index (χ2n) is 9.45. The summed E-state index contributed by atoms with van der Waals surface area (Å²) < 4.78 is 5.15. The van der Waals surface area contributed by atoms with E-state index in [0.29, 0.717) is 19.3 Å². The van der Waals surface area contributed by atoms with Crippen molar-refractivity contribution in [3.05, 3.63) is 35.9 Å². The lowest BCUT2D eigenvalue weighted by Crippen LogP contribution is -2.24. The fourth-order valence-electron chi connectivity index (χ4n) is 4.81. The zero-order chi connectivity index (χ0) is 22.6. The molecular weight excluding hydrogens is 392 g/mol.